The summed E-state index contributed by atoms with van der Waals surface area (Å²) < 4.78 is 0. The van der Waals surface area contributed by atoms with E-state index >= 15 is 0 Å². The van der Waals surface area contributed by atoms with Crippen LogP contribution in [-0.4, -0.2) is 36.1 Å². The molecule has 0 heterocycles. The Balaban J connectivity index is 3.16. The summed E-state index contributed by atoms with van der Waals surface area (Å²) in [4.78, 5) is 12.4. The van der Waals surface area contributed by atoms with Crippen LogP contribution in [-0.2, 0) is 4.79 Å². The van der Waals surface area contributed by atoms with E-state index in [0.29, 0.717) is 0 Å². The van der Waals surface area contributed by atoms with E-state index in [0.717, 1.165) is 13.0 Å². The summed E-state index contributed by atoms with van der Waals surface area (Å²) in [6.45, 7) is 3.32. The standard InChI is InChI=1S/C21H41NO2/c1-3-4-5-6-7-8-9-10-11-12-13-14-15-16-17-18-19-22(2)20-21(23)24/h10-11H,3-9,12-20H2,1-2H3,(H,23,24). The van der Waals surface area contributed by atoms with E-state index in [-0.39, 0.29) is 6.54 Å². The summed E-state index contributed by atoms with van der Waals surface area (Å²) in [6.07, 6.45) is 23.1. The Morgan fingerprint density at radius 1 is 0.792 bits per heavy atom. The molecule has 0 amide bonds. The second-order valence-corrected chi connectivity index (χ2v) is 7.07. The fourth-order valence-corrected chi connectivity index (χ4v) is 2.94. The van der Waals surface area contributed by atoms with Gasteiger partial charge in [0.2, 0.25) is 0 Å². The number of rotatable bonds is 18. The van der Waals surface area contributed by atoms with Gasteiger partial charge in [-0.1, -0.05) is 76.9 Å². The minimum absolute atomic E-state index is 0.158. The normalized spacial score (nSPS) is 11.6. The molecule has 0 saturated carbocycles. The van der Waals surface area contributed by atoms with E-state index in [2.05, 4.69) is 19.1 Å². The van der Waals surface area contributed by atoms with Gasteiger partial charge in [0.1, 0.15) is 0 Å². The van der Waals surface area contributed by atoms with Crippen LogP contribution in [0.2, 0.25) is 0 Å². The van der Waals surface area contributed by atoms with Crippen LogP contribution in [0.4, 0.5) is 0 Å². The summed E-state index contributed by atoms with van der Waals surface area (Å²) in [5.41, 5.74) is 0. The van der Waals surface area contributed by atoms with Crippen molar-refractivity contribution in [3.8, 4) is 0 Å². The molecule has 0 aromatic heterocycles. The first-order chi connectivity index (χ1) is 11.7. The van der Waals surface area contributed by atoms with Crippen LogP contribution >= 0.6 is 0 Å². The number of likely N-dealkylation sites (N-methyl/N-ethyl adjacent to an activating group) is 1. The van der Waals surface area contributed by atoms with Gasteiger partial charge in [0, 0.05) is 0 Å². The molecular weight excluding hydrogens is 298 g/mol. The second kappa shape index (κ2) is 18.5. The molecule has 142 valence electrons. The minimum atomic E-state index is -0.734. The van der Waals surface area contributed by atoms with E-state index in [1.54, 1.807) is 0 Å². The molecule has 0 rings (SSSR count). The van der Waals surface area contributed by atoms with Gasteiger partial charge in [-0.3, -0.25) is 9.69 Å². The predicted octanol–water partition coefficient (Wildman–Crippen LogP) is 6.04. The van der Waals surface area contributed by atoms with E-state index < -0.39 is 5.97 Å². The van der Waals surface area contributed by atoms with Crippen LogP contribution in [0.25, 0.3) is 0 Å². The third-order valence-electron chi connectivity index (χ3n) is 4.46. The summed E-state index contributed by atoms with van der Waals surface area (Å²) >= 11 is 0. The maximum absolute atomic E-state index is 10.5. The van der Waals surface area contributed by atoms with Crippen LogP contribution in [0.1, 0.15) is 96.8 Å². The molecule has 0 aliphatic heterocycles. The molecule has 0 radical (unpaired) electrons. The zero-order valence-corrected chi connectivity index (χ0v) is 16.3. The molecule has 0 fully saturated rings. The Morgan fingerprint density at radius 2 is 1.25 bits per heavy atom. The SMILES string of the molecule is CCCCCCCCC=CCCCCCCCCN(C)CC(=O)O. The van der Waals surface area contributed by atoms with Gasteiger partial charge < -0.3 is 5.11 Å². The van der Waals surface area contributed by atoms with Gasteiger partial charge in [0.25, 0.3) is 0 Å². The largest absolute Gasteiger partial charge is 0.480 e. The van der Waals surface area contributed by atoms with E-state index in [1.165, 1.54) is 83.5 Å². The van der Waals surface area contributed by atoms with Crippen molar-refractivity contribution in [2.45, 2.75) is 96.8 Å². The molecule has 1 N–H and O–H groups in total. The molecule has 0 saturated heterocycles. The third-order valence-corrected chi connectivity index (χ3v) is 4.46. The maximum atomic E-state index is 10.5. The number of allylic oxidation sites excluding steroid dienone is 2. The van der Waals surface area contributed by atoms with Gasteiger partial charge in [-0.15, -0.1) is 0 Å². The van der Waals surface area contributed by atoms with Crippen LogP contribution < -0.4 is 0 Å². The average Bonchev–Trinajstić information content (AvgIpc) is 2.53. The molecule has 24 heavy (non-hydrogen) atoms. The van der Waals surface area contributed by atoms with Crippen molar-refractivity contribution < 1.29 is 9.90 Å². The fourth-order valence-electron chi connectivity index (χ4n) is 2.94. The molecule has 0 spiro atoms. The second-order valence-electron chi connectivity index (χ2n) is 7.07. The van der Waals surface area contributed by atoms with Gasteiger partial charge in [-0.25, -0.2) is 0 Å². The van der Waals surface area contributed by atoms with Gasteiger partial charge >= 0.3 is 5.97 Å². The molecule has 0 atom stereocenters. The maximum Gasteiger partial charge on any atom is 0.317 e. The number of carboxylic acid groups (broad SMARTS) is 1. The van der Waals surface area contributed by atoms with Crippen molar-refractivity contribution >= 4 is 5.97 Å². The number of hydrogen-bond acceptors (Lipinski definition) is 2. The first kappa shape index (κ1) is 23.2. The monoisotopic (exact) mass is 339 g/mol. The van der Waals surface area contributed by atoms with Crippen molar-refractivity contribution in [1.82, 2.24) is 4.90 Å². The Kier molecular flexibility index (Phi) is 17.9. The van der Waals surface area contributed by atoms with Crippen LogP contribution in [0, 0.1) is 0 Å². The summed E-state index contributed by atoms with van der Waals surface area (Å²) in [6, 6.07) is 0. The van der Waals surface area contributed by atoms with Gasteiger partial charge in [0.15, 0.2) is 0 Å². The summed E-state index contributed by atoms with van der Waals surface area (Å²) in [5, 5.41) is 8.67. The van der Waals surface area contributed by atoms with Crippen LogP contribution in [0.5, 0.6) is 0 Å². The van der Waals surface area contributed by atoms with Crippen molar-refractivity contribution in [1.29, 1.82) is 0 Å². The van der Waals surface area contributed by atoms with Crippen LogP contribution in [0.3, 0.4) is 0 Å². The first-order valence-electron chi connectivity index (χ1n) is 10.2. The van der Waals surface area contributed by atoms with Gasteiger partial charge in [-0.2, -0.15) is 0 Å². The zero-order valence-electron chi connectivity index (χ0n) is 16.3. The topological polar surface area (TPSA) is 40.5 Å². The molecule has 3 nitrogen and oxygen atoms in total. The first-order valence-corrected chi connectivity index (χ1v) is 10.2. The Labute approximate surface area is 150 Å². The lowest BCUT2D eigenvalue weighted by Gasteiger charge is -2.13. The highest BCUT2D eigenvalue weighted by atomic mass is 16.4. The van der Waals surface area contributed by atoms with Crippen molar-refractivity contribution in [3.05, 3.63) is 12.2 Å². The quantitative estimate of drug-likeness (QED) is 0.244. The smallest absolute Gasteiger partial charge is 0.317 e. The van der Waals surface area contributed by atoms with Crippen molar-refractivity contribution in [2.24, 2.45) is 0 Å². The molecule has 0 unspecified atom stereocenters. The number of aliphatic carboxylic acids is 1. The molecule has 0 bridgehead atoms. The lowest BCUT2D eigenvalue weighted by molar-refractivity contribution is -0.137. The molecule has 0 aliphatic rings. The number of hydrogen-bond donors (Lipinski definition) is 1. The Bertz CT molecular complexity index is 302. The van der Waals surface area contributed by atoms with E-state index in [4.69, 9.17) is 5.11 Å². The van der Waals surface area contributed by atoms with Crippen molar-refractivity contribution in [2.75, 3.05) is 20.1 Å². The average molecular weight is 340 g/mol. The summed E-state index contributed by atoms with van der Waals surface area (Å²) in [5.74, 6) is -0.734. The Hall–Kier alpha value is -0.830. The molecule has 0 aromatic rings. The third kappa shape index (κ3) is 19.2. The highest BCUT2D eigenvalue weighted by molar-refractivity contribution is 5.68. The highest BCUT2D eigenvalue weighted by Gasteiger charge is 2.02. The summed E-state index contributed by atoms with van der Waals surface area (Å²) in [7, 11) is 1.88. The number of nitrogens with zero attached hydrogens (tertiary/aromatic N) is 1. The number of carboxylic acids is 1. The predicted molar refractivity (Wildman–Crippen MR) is 105 cm³/mol. The van der Waals surface area contributed by atoms with E-state index in [1.807, 2.05) is 11.9 Å². The number of carbonyl (C=O) groups is 1. The van der Waals surface area contributed by atoms with E-state index in [9.17, 15) is 4.79 Å². The molecule has 0 aromatic carbocycles. The fraction of sp³-hybridized carbons (Fsp3) is 0.857. The van der Waals surface area contributed by atoms with Crippen molar-refractivity contribution in [3.63, 3.8) is 0 Å². The lowest BCUT2D eigenvalue weighted by atomic mass is 10.1. The number of unbranched alkanes of at least 4 members (excludes halogenated alkanes) is 12. The van der Waals surface area contributed by atoms with Gasteiger partial charge in [0.05, 0.1) is 6.54 Å². The van der Waals surface area contributed by atoms with Crippen LogP contribution in [0.15, 0.2) is 12.2 Å². The lowest BCUT2D eigenvalue weighted by Crippen LogP contribution is -2.26. The Morgan fingerprint density at radius 3 is 1.75 bits per heavy atom. The highest BCUT2D eigenvalue weighted by Crippen LogP contribution is 2.10. The molecular formula is C21H41NO2. The van der Waals surface area contributed by atoms with Gasteiger partial charge in [-0.05, 0) is 45.7 Å². The molecule has 3 heteroatoms. The zero-order chi connectivity index (χ0) is 17.9. The molecule has 0 aliphatic carbocycles. The minimum Gasteiger partial charge on any atom is -0.480 e.